The molecular weight excluding hydrogens is 669 g/mol. The minimum atomic E-state index is 0.0123. The number of aryl methyl sites for hydroxylation is 2. The molecule has 0 atom stereocenters. The van der Waals surface area contributed by atoms with Crippen molar-refractivity contribution in [3.8, 4) is 50.2 Å². The van der Waals surface area contributed by atoms with Gasteiger partial charge in [0, 0.05) is 38.6 Å². The lowest BCUT2D eigenvalue weighted by atomic mass is 9.97. The van der Waals surface area contributed by atoms with Gasteiger partial charge in [0.15, 0.2) is 0 Å². The molecule has 55 heavy (non-hydrogen) atoms. The second-order valence-corrected chi connectivity index (χ2v) is 14.5. The molecule has 2 heterocycles. The Bertz CT molecular complexity index is 2840. The summed E-state index contributed by atoms with van der Waals surface area (Å²) in [5.74, 6) is 0.0123. The number of rotatable bonds is 6. The Balaban J connectivity index is 1.25. The van der Waals surface area contributed by atoms with Crippen molar-refractivity contribution in [2.24, 2.45) is 0 Å². The molecule has 0 aliphatic carbocycles. The SMILES string of the molecule is Cc1ccccc1-c1cccc2c3cccc(-c4ccccc4C)c3n(-c3cccc4c3CN(c3cc(-c5ccccc5)ccc3-c3ccccc3)C4=O)c12. The van der Waals surface area contributed by atoms with E-state index in [9.17, 15) is 4.79 Å². The fourth-order valence-corrected chi connectivity index (χ4v) is 8.69. The number of hydrogen-bond donors (Lipinski definition) is 0. The molecule has 1 aliphatic heterocycles. The largest absolute Gasteiger partial charge is 0.308 e. The Morgan fingerprint density at radius 2 is 0.909 bits per heavy atom. The molecule has 3 nitrogen and oxygen atoms in total. The maximum Gasteiger partial charge on any atom is 0.259 e. The number of anilines is 1. The summed E-state index contributed by atoms with van der Waals surface area (Å²) in [4.78, 5) is 16.8. The quantitative estimate of drug-likeness (QED) is 0.169. The molecule has 0 spiro atoms. The molecule has 1 amide bonds. The van der Waals surface area contributed by atoms with Crippen LogP contribution in [0, 0.1) is 13.8 Å². The molecule has 10 rings (SSSR count). The van der Waals surface area contributed by atoms with E-state index in [1.807, 2.05) is 23.1 Å². The van der Waals surface area contributed by atoms with Crippen LogP contribution in [0.25, 0.3) is 72.0 Å². The number of para-hydroxylation sites is 2. The van der Waals surface area contributed by atoms with Gasteiger partial charge in [0.2, 0.25) is 0 Å². The fourth-order valence-electron chi connectivity index (χ4n) is 8.69. The van der Waals surface area contributed by atoms with E-state index in [-0.39, 0.29) is 5.91 Å². The lowest BCUT2D eigenvalue weighted by Gasteiger charge is -2.22. The molecule has 1 aromatic heterocycles. The van der Waals surface area contributed by atoms with Gasteiger partial charge in [-0.25, -0.2) is 0 Å². The van der Waals surface area contributed by atoms with E-state index in [1.165, 1.54) is 44.2 Å². The minimum Gasteiger partial charge on any atom is -0.308 e. The smallest absolute Gasteiger partial charge is 0.259 e. The third-order valence-corrected chi connectivity index (χ3v) is 11.3. The maximum atomic E-state index is 14.9. The monoisotopic (exact) mass is 706 g/mol. The normalized spacial score (nSPS) is 12.5. The first-order chi connectivity index (χ1) is 27.1. The van der Waals surface area contributed by atoms with E-state index in [4.69, 9.17) is 0 Å². The van der Waals surface area contributed by atoms with Crippen LogP contribution < -0.4 is 4.90 Å². The summed E-state index contributed by atoms with van der Waals surface area (Å²) < 4.78 is 2.46. The average molecular weight is 707 g/mol. The van der Waals surface area contributed by atoms with Crippen LogP contribution in [0.5, 0.6) is 0 Å². The molecule has 262 valence electrons. The standard InChI is InChI=1S/C52H38N2O/c1-34-16-9-11-22-39(34)42-24-13-26-44-45-27-14-25-43(40-23-12-10-17-35(40)2)51(45)54(50(42)44)48-29-15-28-46-47(48)33-53(52(46)55)49-32-38(36-18-5-3-6-19-36)30-31-41(49)37-20-7-4-8-21-37/h3-32H,33H2,1-2H3. The summed E-state index contributed by atoms with van der Waals surface area (Å²) in [6.07, 6.45) is 0. The van der Waals surface area contributed by atoms with Gasteiger partial charge in [-0.15, -0.1) is 0 Å². The lowest BCUT2D eigenvalue weighted by Crippen LogP contribution is -2.23. The van der Waals surface area contributed by atoms with Crippen LogP contribution in [0.2, 0.25) is 0 Å². The van der Waals surface area contributed by atoms with Gasteiger partial charge in [-0.3, -0.25) is 4.79 Å². The number of aromatic nitrogens is 1. The second kappa shape index (κ2) is 13.2. The first-order valence-corrected chi connectivity index (χ1v) is 18.9. The molecule has 9 aromatic rings. The minimum absolute atomic E-state index is 0.0123. The number of carbonyl (C=O) groups is 1. The Morgan fingerprint density at radius 1 is 0.400 bits per heavy atom. The highest BCUT2D eigenvalue weighted by molar-refractivity contribution is 6.18. The van der Waals surface area contributed by atoms with Gasteiger partial charge in [-0.1, -0.05) is 164 Å². The summed E-state index contributed by atoms with van der Waals surface area (Å²) in [6, 6.07) is 64.2. The molecule has 1 aliphatic rings. The molecular formula is C52H38N2O. The molecule has 0 saturated carbocycles. The summed E-state index contributed by atoms with van der Waals surface area (Å²) in [7, 11) is 0. The molecule has 0 bridgehead atoms. The molecule has 0 unspecified atom stereocenters. The number of hydrogen-bond acceptors (Lipinski definition) is 1. The van der Waals surface area contributed by atoms with Crippen molar-refractivity contribution in [1.29, 1.82) is 0 Å². The topological polar surface area (TPSA) is 25.2 Å². The fraction of sp³-hybridized carbons (Fsp3) is 0.0577. The van der Waals surface area contributed by atoms with E-state index in [0.717, 1.165) is 55.8 Å². The first kappa shape index (κ1) is 32.7. The van der Waals surface area contributed by atoms with Gasteiger partial charge in [0.05, 0.1) is 29.0 Å². The van der Waals surface area contributed by atoms with Crippen molar-refractivity contribution in [1.82, 2.24) is 4.57 Å². The first-order valence-electron chi connectivity index (χ1n) is 18.9. The highest BCUT2D eigenvalue weighted by Crippen LogP contribution is 2.46. The van der Waals surface area contributed by atoms with E-state index >= 15 is 0 Å². The Kier molecular flexibility index (Phi) is 7.81. The van der Waals surface area contributed by atoms with Gasteiger partial charge in [-0.2, -0.15) is 0 Å². The maximum absolute atomic E-state index is 14.9. The van der Waals surface area contributed by atoms with E-state index < -0.39 is 0 Å². The Morgan fingerprint density at radius 3 is 1.51 bits per heavy atom. The zero-order chi connectivity index (χ0) is 37.0. The van der Waals surface area contributed by atoms with Gasteiger partial charge in [-0.05, 0) is 71.0 Å². The van der Waals surface area contributed by atoms with Gasteiger partial charge in [0.25, 0.3) is 5.91 Å². The number of benzene rings is 8. The Labute approximate surface area is 321 Å². The van der Waals surface area contributed by atoms with E-state index in [1.54, 1.807) is 0 Å². The predicted octanol–water partition coefficient (Wildman–Crippen LogP) is 13.2. The lowest BCUT2D eigenvalue weighted by molar-refractivity contribution is 0.0996. The molecule has 0 N–H and O–H groups in total. The highest BCUT2D eigenvalue weighted by atomic mass is 16.2. The van der Waals surface area contributed by atoms with Crippen LogP contribution in [0.3, 0.4) is 0 Å². The summed E-state index contributed by atoms with van der Waals surface area (Å²) in [5, 5.41) is 2.37. The number of nitrogens with zero attached hydrogens (tertiary/aromatic N) is 2. The zero-order valence-corrected chi connectivity index (χ0v) is 30.8. The van der Waals surface area contributed by atoms with Crippen molar-refractivity contribution < 1.29 is 4.79 Å². The van der Waals surface area contributed by atoms with Crippen molar-refractivity contribution in [3.63, 3.8) is 0 Å². The molecule has 0 radical (unpaired) electrons. The highest BCUT2D eigenvalue weighted by Gasteiger charge is 2.34. The Hall–Kier alpha value is -6.97. The number of amides is 1. The zero-order valence-electron chi connectivity index (χ0n) is 30.8. The van der Waals surface area contributed by atoms with Crippen molar-refractivity contribution >= 4 is 33.4 Å². The van der Waals surface area contributed by atoms with Gasteiger partial charge < -0.3 is 9.47 Å². The van der Waals surface area contributed by atoms with E-state index in [0.29, 0.717) is 6.54 Å². The van der Waals surface area contributed by atoms with Gasteiger partial charge in [0.1, 0.15) is 0 Å². The average Bonchev–Trinajstić information content (AvgIpc) is 3.76. The third kappa shape index (κ3) is 5.31. The third-order valence-electron chi connectivity index (χ3n) is 11.3. The van der Waals surface area contributed by atoms with Crippen LogP contribution in [0.1, 0.15) is 27.0 Å². The number of carbonyl (C=O) groups excluding carboxylic acids is 1. The summed E-state index contributed by atoms with van der Waals surface area (Å²) in [6.45, 7) is 4.82. The molecule has 8 aromatic carbocycles. The predicted molar refractivity (Wildman–Crippen MR) is 229 cm³/mol. The van der Waals surface area contributed by atoms with Crippen LogP contribution in [0.15, 0.2) is 182 Å². The van der Waals surface area contributed by atoms with Crippen LogP contribution in [-0.4, -0.2) is 10.5 Å². The van der Waals surface area contributed by atoms with Crippen molar-refractivity contribution in [2.75, 3.05) is 4.90 Å². The molecule has 3 heteroatoms. The number of fused-ring (bicyclic) bond motifs is 4. The summed E-state index contributed by atoms with van der Waals surface area (Å²) >= 11 is 0. The van der Waals surface area contributed by atoms with Gasteiger partial charge >= 0.3 is 0 Å². The van der Waals surface area contributed by atoms with E-state index in [2.05, 4.69) is 182 Å². The van der Waals surface area contributed by atoms with Crippen molar-refractivity contribution in [2.45, 2.75) is 20.4 Å². The van der Waals surface area contributed by atoms with Crippen LogP contribution >= 0.6 is 0 Å². The molecule has 0 saturated heterocycles. The van der Waals surface area contributed by atoms with Crippen LogP contribution in [0.4, 0.5) is 5.69 Å². The van der Waals surface area contributed by atoms with Crippen LogP contribution in [-0.2, 0) is 6.54 Å². The second-order valence-electron chi connectivity index (χ2n) is 14.5. The summed E-state index contributed by atoms with van der Waals surface area (Å²) in [5.41, 5.74) is 17.4. The van der Waals surface area contributed by atoms with Crippen molar-refractivity contribution in [3.05, 3.63) is 204 Å². The molecule has 0 fully saturated rings.